The molecule has 0 aromatic heterocycles. The number of ketones is 1. The van der Waals surface area contributed by atoms with Gasteiger partial charge >= 0.3 is 0 Å². The summed E-state index contributed by atoms with van der Waals surface area (Å²) in [5, 5.41) is 13.1. The number of benzene rings is 2. The van der Waals surface area contributed by atoms with Crippen LogP contribution in [0, 0.1) is 10.1 Å². The zero-order chi connectivity index (χ0) is 20.2. The van der Waals surface area contributed by atoms with E-state index in [4.69, 9.17) is 9.29 Å². The number of carbonyl (C=O) groups is 2. The SMILES string of the molecule is COc1ccc(S(=O)(=O)O)cc1NC(=O)CC(=O)c1cccc([N+](=O)[O-])c1.[Na]. The van der Waals surface area contributed by atoms with E-state index < -0.39 is 38.0 Å². The molecule has 0 atom stereocenters. The maximum absolute atomic E-state index is 12.2. The molecule has 12 heteroatoms. The van der Waals surface area contributed by atoms with Crippen LogP contribution in [0.15, 0.2) is 47.4 Å². The van der Waals surface area contributed by atoms with Crippen LogP contribution in [0.3, 0.4) is 0 Å². The first-order valence-corrected chi connectivity index (χ1v) is 8.79. The Bertz CT molecular complexity index is 1020. The molecule has 0 aliphatic rings. The Morgan fingerprint density at radius 1 is 1.21 bits per heavy atom. The number of nitro groups is 1. The van der Waals surface area contributed by atoms with Gasteiger partial charge in [-0.1, -0.05) is 12.1 Å². The molecular weight excluding hydrogens is 403 g/mol. The van der Waals surface area contributed by atoms with E-state index in [1.807, 2.05) is 0 Å². The summed E-state index contributed by atoms with van der Waals surface area (Å²) >= 11 is 0. The van der Waals surface area contributed by atoms with Crippen LogP contribution >= 0.6 is 0 Å². The summed E-state index contributed by atoms with van der Waals surface area (Å²) in [5.41, 5.74) is -0.369. The smallest absolute Gasteiger partial charge is 0.294 e. The number of carbonyl (C=O) groups excluding carboxylic acids is 2. The minimum Gasteiger partial charge on any atom is -0.495 e. The normalized spacial score (nSPS) is 10.5. The summed E-state index contributed by atoms with van der Waals surface area (Å²) in [6, 6.07) is 8.20. The van der Waals surface area contributed by atoms with Crippen molar-refractivity contribution < 1.29 is 32.2 Å². The predicted octanol–water partition coefficient (Wildman–Crippen LogP) is 1.68. The van der Waals surface area contributed by atoms with E-state index in [0.29, 0.717) is 0 Å². The van der Waals surface area contributed by atoms with Crippen molar-refractivity contribution in [2.75, 3.05) is 12.4 Å². The number of hydrogen-bond acceptors (Lipinski definition) is 7. The van der Waals surface area contributed by atoms with Crippen molar-refractivity contribution in [3.05, 3.63) is 58.1 Å². The molecule has 0 bridgehead atoms. The van der Waals surface area contributed by atoms with Crippen LogP contribution in [-0.4, -0.2) is 66.3 Å². The second-order valence-electron chi connectivity index (χ2n) is 5.29. The fraction of sp³-hybridized carbons (Fsp3) is 0.125. The second kappa shape index (κ2) is 9.75. The molecule has 0 saturated carbocycles. The molecule has 2 aromatic rings. The standard InChI is InChI=1S/C16H14N2O8S.Na/c1-26-15-6-5-12(27(23,24)25)8-13(15)17-16(20)9-14(19)10-3-2-4-11(7-10)18(21)22;/h2-8H,9H2,1H3,(H,17,20)(H,23,24,25);. The van der Waals surface area contributed by atoms with Gasteiger partial charge < -0.3 is 10.1 Å². The fourth-order valence-electron chi connectivity index (χ4n) is 2.18. The first kappa shape index (κ1) is 23.7. The number of amides is 1. The quantitative estimate of drug-likeness (QED) is 0.172. The Hall–Kier alpha value is -2.31. The average molecular weight is 417 g/mol. The molecular formula is C16H14N2NaO8S. The van der Waals surface area contributed by atoms with Crippen LogP contribution in [0.1, 0.15) is 16.8 Å². The molecule has 0 aliphatic heterocycles. The van der Waals surface area contributed by atoms with Gasteiger partial charge in [-0.05, 0) is 18.2 Å². The molecule has 2 rings (SSSR count). The third-order valence-corrected chi connectivity index (χ3v) is 4.29. The molecule has 143 valence electrons. The first-order chi connectivity index (χ1) is 12.6. The van der Waals surface area contributed by atoms with Gasteiger partial charge in [-0.25, -0.2) is 0 Å². The molecule has 1 radical (unpaired) electrons. The van der Waals surface area contributed by atoms with E-state index in [1.165, 1.54) is 31.4 Å². The van der Waals surface area contributed by atoms with Crippen LogP contribution in [0.25, 0.3) is 0 Å². The largest absolute Gasteiger partial charge is 0.495 e. The van der Waals surface area contributed by atoms with Gasteiger partial charge in [0.1, 0.15) is 5.75 Å². The summed E-state index contributed by atoms with van der Waals surface area (Å²) in [4.78, 5) is 33.9. The van der Waals surface area contributed by atoms with E-state index in [9.17, 15) is 28.1 Å². The maximum Gasteiger partial charge on any atom is 0.294 e. The van der Waals surface area contributed by atoms with Gasteiger partial charge in [0.2, 0.25) is 5.91 Å². The van der Waals surface area contributed by atoms with Crippen LogP contribution in [0.4, 0.5) is 11.4 Å². The predicted molar refractivity (Wildman–Crippen MR) is 99.2 cm³/mol. The number of ether oxygens (including phenoxy) is 1. The minimum absolute atomic E-state index is 0. The summed E-state index contributed by atoms with van der Waals surface area (Å²) in [5.74, 6) is -1.35. The third-order valence-electron chi connectivity index (χ3n) is 3.44. The molecule has 10 nitrogen and oxygen atoms in total. The van der Waals surface area contributed by atoms with Crippen molar-refractivity contribution in [1.29, 1.82) is 0 Å². The molecule has 28 heavy (non-hydrogen) atoms. The molecule has 1 amide bonds. The van der Waals surface area contributed by atoms with Crippen LogP contribution in [0.5, 0.6) is 5.75 Å². The number of nitrogens with one attached hydrogen (secondary N) is 1. The first-order valence-electron chi connectivity index (χ1n) is 7.35. The minimum atomic E-state index is -4.50. The third kappa shape index (κ3) is 6.11. The Balaban J connectivity index is 0.00000392. The summed E-state index contributed by atoms with van der Waals surface area (Å²) in [6.07, 6.45) is -0.638. The van der Waals surface area contributed by atoms with E-state index in [1.54, 1.807) is 0 Å². The van der Waals surface area contributed by atoms with E-state index >= 15 is 0 Å². The summed E-state index contributed by atoms with van der Waals surface area (Å²) in [7, 11) is -3.22. The van der Waals surface area contributed by atoms with Crippen molar-refractivity contribution in [1.82, 2.24) is 0 Å². The second-order valence-corrected chi connectivity index (χ2v) is 6.71. The molecule has 0 aliphatic carbocycles. The van der Waals surface area contributed by atoms with Crippen molar-refractivity contribution >= 4 is 62.7 Å². The average Bonchev–Trinajstić information content (AvgIpc) is 2.60. The fourth-order valence-corrected chi connectivity index (χ4v) is 2.69. The number of Topliss-reactive ketones (excluding diaryl/α,β-unsaturated/α-hetero) is 1. The molecule has 0 fully saturated rings. The van der Waals surface area contributed by atoms with E-state index in [-0.39, 0.29) is 52.2 Å². The topological polar surface area (TPSA) is 153 Å². The van der Waals surface area contributed by atoms with Crippen LogP contribution in [-0.2, 0) is 14.9 Å². The molecule has 0 heterocycles. The van der Waals surface area contributed by atoms with Gasteiger partial charge in [0.05, 0.1) is 29.0 Å². The summed E-state index contributed by atoms with van der Waals surface area (Å²) < 4.78 is 36.5. The monoisotopic (exact) mass is 417 g/mol. The summed E-state index contributed by atoms with van der Waals surface area (Å²) in [6.45, 7) is 0. The number of methoxy groups -OCH3 is 1. The number of nitro benzene ring substituents is 1. The van der Waals surface area contributed by atoms with Crippen molar-refractivity contribution in [3.8, 4) is 5.75 Å². The molecule has 0 saturated heterocycles. The number of hydrogen-bond donors (Lipinski definition) is 2. The molecule has 2 N–H and O–H groups in total. The van der Waals surface area contributed by atoms with Crippen molar-refractivity contribution in [2.45, 2.75) is 11.3 Å². The zero-order valence-corrected chi connectivity index (χ0v) is 17.7. The van der Waals surface area contributed by atoms with Gasteiger partial charge in [-0.15, -0.1) is 0 Å². The maximum atomic E-state index is 12.2. The van der Waals surface area contributed by atoms with Gasteiger partial charge in [0.15, 0.2) is 5.78 Å². The number of nitrogens with zero attached hydrogens (tertiary/aromatic N) is 1. The van der Waals surface area contributed by atoms with Crippen molar-refractivity contribution in [3.63, 3.8) is 0 Å². The van der Waals surface area contributed by atoms with E-state index in [0.717, 1.165) is 18.2 Å². The Morgan fingerprint density at radius 2 is 1.89 bits per heavy atom. The van der Waals surface area contributed by atoms with Gasteiger partial charge in [0, 0.05) is 47.3 Å². The van der Waals surface area contributed by atoms with Gasteiger partial charge in [0.25, 0.3) is 15.8 Å². The Morgan fingerprint density at radius 3 is 2.46 bits per heavy atom. The van der Waals surface area contributed by atoms with Gasteiger partial charge in [-0.3, -0.25) is 24.3 Å². The van der Waals surface area contributed by atoms with Crippen molar-refractivity contribution in [2.24, 2.45) is 0 Å². The Kier molecular flexibility index (Phi) is 8.27. The molecule has 0 spiro atoms. The van der Waals surface area contributed by atoms with Crippen LogP contribution < -0.4 is 10.1 Å². The number of rotatable bonds is 7. The van der Waals surface area contributed by atoms with E-state index in [2.05, 4.69) is 5.32 Å². The Labute approximate surface area is 182 Å². The number of non-ortho nitro benzene ring substituents is 1. The van der Waals surface area contributed by atoms with Gasteiger partial charge in [-0.2, -0.15) is 8.42 Å². The van der Waals surface area contributed by atoms with Crippen LogP contribution in [0.2, 0.25) is 0 Å². The zero-order valence-electron chi connectivity index (χ0n) is 14.9. The molecule has 2 aromatic carbocycles. The molecule has 0 unspecified atom stereocenters. The number of anilines is 1.